The molecule has 1 aromatic heterocycles. The van der Waals surface area contributed by atoms with Crippen LogP contribution in [0.5, 0.6) is 5.75 Å². The summed E-state index contributed by atoms with van der Waals surface area (Å²) in [5.74, 6) is 0.492. The molecule has 2 rings (SSSR count). The van der Waals surface area contributed by atoms with Gasteiger partial charge >= 0.3 is 5.97 Å². The molecule has 0 saturated carbocycles. The molecular weight excluding hydrogens is 220 g/mol. The van der Waals surface area contributed by atoms with Crippen molar-refractivity contribution in [2.24, 2.45) is 0 Å². The molecule has 5 nitrogen and oxygen atoms in total. The molecule has 0 amide bonds. The maximum absolute atomic E-state index is 11.6. The number of pyridine rings is 1. The summed E-state index contributed by atoms with van der Waals surface area (Å²) < 4.78 is 9.79. The lowest BCUT2D eigenvalue weighted by molar-refractivity contribution is 0.0603. The van der Waals surface area contributed by atoms with E-state index in [0.29, 0.717) is 22.2 Å². The number of carbonyl (C=O) groups is 1. The Hall–Kier alpha value is -2.30. The Bertz CT molecular complexity index is 581. The fraction of sp³-hybridized carbons (Fsp3) is 0.167. The SMILES string of the molecule is COC(=O)c1cc(N)nc2cc(OC)ccc12. The third-order valence-electron chi connectivity index (χ3n) is 2.44. The molecule has 5 heteroatoms. The molecule has 88 valence electrons. The van der Waals surface area contributed by atoms with Gasteiger partial charge in [-0.1, -0.05) is 0 Å². The van der Waals surface area contributed by atoms with Crippen molar-refractivity contribution in [3.05, 3.63) is 29.8 Å². The van der Waals surface area contributed by atoms with E-state index in [-0.39, 0.29) is 5.82 Å². The van der Waals surface area contributed by atoms with Gasteiger partial charge in [0.1, 0.15) is 11.6 Å². The number of hydrogen-bond donors (Lipinski definition) is 1. The third-order valence-corrected chi connectivity index (χ3v) is 2.44. The van der Waals surface area contributed by atoms with E-state index in [1.54, 1.807) is 25.3 Å². The maximum atomic E-state index is 11.6. The van der Waals surface area contributed by atoms with E-state index >= 15 is 0 Å². The Balaban J connectivity index is 2.72. The molecule has 17 heavy (non-hydrogen) atoms. The van der Waals surface area contributed by atoms with Crippen LogP contribution in [-0.4, -0.2) is 25.2 Å². The van der Waals surface area contributed by atoms with Crippen LogP contribution in [0, 0.1) is 0 Å². The van der Waals surface area contributed by atoms with E-state index in [1.807, 2.05) is 0 Å². The average molecular weight is 232 g/mol. The van der Waals surface area contributed by atoms with Crippen LogP contribution in [-0.2, 0) is 4.74 Å². The number of rotatable bonds is 2. The number of esters is 1. The highest BCUT2D eigenvalue weighted by atomic mass is 16.5. The number of benzene rings is 1. The zero-order valence-corrected chi connectivity index (χ0v) is 9.56. The lowest BCUT2D eigenvalue weighted by Gasteiger charge is -2.07. The second kappa shape index (κ2) is 4.29. The Kier molecular flexibility index (Phi) is 2.82. The normalized spacial score (nSPS) is 10.2. The zero-order valence-electron chi connectivity index (χ0n) is 9.56. The third kappa shape index (κ3) is 1.99. The largest absolute Gasteiger partial charge is 0.497 e. The van der Waals surface area contributed by atoms with Crippen LogP contribution in [0.4, 0.5) is 5.82 Å². The lowest BCUT2D eigenvalue weighted by atomic mass is 10.1. The highest BCUT2D eigenvalue weighted by Crippen LogP contribution is 2.24. The van der Waals surface area contributed by atoms with E-state index in [0.717, 1.165) is 0 Å². The number of carbonyl (C=O) groups excluding carboxylic acids is 1. The molecule has 0 bridgehead atoms. The number of fused-ring (bicyclic) bond motifs is 1. The topological polar surface area (TPSA) is 74.4 Å². The van der Waals surface area contributed by atoms with Crippen LogP contribution < -0.4 is 10.5 Å². The van der Waals surface area contributed by atoms with Crippen LogP contribution >= 0.6 is 0 Å². The summed E-state index contributed by atoms with van der Waals surface area (Å²) in [4.78, 5) is 15.7. The number of ether oxygens (including phenoxy) is 2. The molecule has 1 aromatic carbocycles. The van der Waals surface area contributed by atoms with Crippen LogP contribution in [0.15, 0.2) is 24.3 Å². The van der Waals surface area contributed by atoms with Crippen molar-refractivity contribution in [3.8, 4) is 5.75 Å². The molecular formula is C12H12N2O3. The molecule has 0 atom stereocenters. The van der Waals surface area contributed by atoms with Crippen molar-refractivity contribution in [3.63, 3.8) is 0 Å². The molecule has 0 spiro atoms. The number of methoxy groups -OCH3 is 2. The van der Waals surface area contributed by atoms with Crippen molar-refractivity contribution in [2.45, 2.75) is 0 Å². The summed E-state index contributed by atoms with van der Waals surface area (Å²) in [6, 6.07) is 6.73. The van der Waals surface area contributed by atoms with E-state index < -0.39 is 5.97 Å². The molecule has 0 radical (unpaired) electrons. The molecule has 2 aromatic rings. The number of nitrogens with zero attached hydrogens (tertiary/aromatic N) is 1. The van der Waals surface area contributed by atoms with Crippen molar-refractivity contribution in [1.82, 2.24) is 4.98 Å². The second-order valence-electron chi connectivity index (χ2n) is 3.47. The molecule has 0 aliphatic carbocycles. The summed E-state index contributed by atoms with van der Waals surface area (Å²) >= 11 is 0. The quantitative estimate of drug-likeness (QED) is 0.796. The van der Waals surface area contributed by atoms with Gasteiger partial charge in [0.25, 0.3) is 0 Å². The molecule has 0 fully saturated rings. The minimum Gasteiger partial charge on any atom is -0.497 e. The van der Waals surface area contributed by atoms with Crippen molar-refractivity contribution < 1.29 is 14.3 Å². The summed E-state index contributed by atoms with van der Waals surface area (Å²) in [7, 11) is 2.89. The van der Waals surface area contributed by atoms with Crippen molar-refractivity contribution in [2.75, 3.05) is 20.0 Å². The van der Waals surface area contributed by atoms with Gasteiger partial charge in [0.05, 0.1) is 25.3 Å². The van der Waals surface area contributed by atoms with Gasteiger partial charge in [-0.3, -0.25) is 0 Å². The minimum absolute atomic E-state index is 0.270. The summed E-state index contributed by atoms with van der Waals surface area (Å²) in [5.41, 5.74) is 6.65. The number of nitrogens with two attached hydrogens (primary N) is 1. The minimum atomic E-state index is -0.436. The average Bonchev–Trinajstić information content (AvgIpc) is 2.35. The number of anilines is 1. The molecule has 2 N–H and O–H groups in total. The zero-order chi connectivity index (χ0) is 12.4. The Morgan fingerprint density at radius 2 is 2.06 bits per heavy atom. The van der Waals surface area contributed by atoms with Gasteiger partial charge in [-0.25, -0.2) is 9.78 Å². The Morgan fingerprint density at radius 1 is 1.29 bits per heavy atom. The van der Waals surface area contributed by atoms with E-state index in [9.17, 15) is 4.79 Å². The lowest BCUT2D eigenvalue weighted by Crippen LogP contribution is -2.04. The molecule has 0 aliphatic rings. The molecule has 0 aliphatic heterocycles. The standard InChI is InChI=1S/C12H12N2O3/c1-16-7-3-4-8-9(12(15)17-2)6-11(13)14-10(8)5-7/h3-6H,1-2H3,(H2,13,14). The van der Waals surface area contributed by atoms with Crippen LogP contribution in [0.25, 0.3) is 10.9 Å². The molecule has 1 heterocycles. The smallest absolute Gasteiger partial charge is 0.338 e. The first kappa shape index (κ1) is 11.2. The van der Waals surface area contributed by atoms with E-state index in [1.165, 1.54) is 13.2 Å². The van der Waals surface area contributed by atoms with Crippen molar-refractivity contribution >= 4 is 22.7 Å². The highest BCUT2D eigenvalue weighted by molar-refractivity contribution is 6.04. The Morgan fingerprint density at radius 3 is 2.71 bits per heavy atom. The maximum Gasteiger partial charge on any atom is 0.338 e. The van der Waals surface area contributed by atoms with E-state index in [4.69, 9.17) is 15.2 Å². The van der Waals surface area contributed by atoms with Gasteiger partial charge in [-0.15, -0.1) is 0 Å². The van der Waals surface area contributed by atoms with Crippen LogP contribution in [0.2, 0.25) is 0 Å². The first-order chi connectivity index (χ1) is 8.15. The summed E-state index contributed by atoms with van der Waals surface area (Å²) in [6.07, 6.45) is 0. The Labute approximate surface area is 98.2 Å². The van der Waals surface area contributed by atoms with Gasteiger partial charge < -0.3 is 15.2 Å². The second-order valence-corrected chi connectivity index (χ2v) is 3.47. The fourth-order valence-corrected chi connectivity index (χ4v) is 1.63. The van der Waals surface area contributed by atoms with Crippen LogP contribution in [0.1, 0.15) is 10.4 Å². The summed E-state index contributed by atoms with van der Waals surface area (Å²) in [6.45, 7) is 0. The van der Waals surface area contributed by atoms with Crippen molar-refractivity contribution in [1.29, 1.82) is 0 Å². The van der Waals surface area contributed by atoms with Gasteiger partial charge in [0.15, 0.2) is 0 Å². The number of nitrogen functional groups attached to an aromatic ring is 1. The fourth-order valence-electron chi connectivity index (χ4n) is 1.63. The molecule has 0 unspecified atom stereocenters. The predicted molar refractivity (Wildman–Crippen MR) is 64.0 cm³/mol. The van der Waals surface area contributed by atoms with Gasteiger partial charge in [0.2, 0.25) is 0 Å². The monoisotopic (exact) mass is 232 g/mol. The predicted octanol–water partition coefficient (Wildman–Crippen LogP) is 1.61. The van der Waals surface area contributed by atoms with Gasteiger partial charge in [0, 0.05) is 11.5 Å². The van der Waals surface area contributed by atoms with Crippen LogP contribution in [0.3, 0.4) is 0 Å². The highest BCUT2D eigenvalue weighted by Gasteiger charge is 2.12. The number of hydrogen-bond acceptors (Lipinski definition) is 5. The van der Waals surface area contributed by atoms with Gasteiger partial charge in [-0.2, -0.15) is 0 Å². The summed E-state index contributed by atoms with van der Waals surface area (Å²) in [5, 5.41) is 0.687. The first-order valence-electron chi connectivity index (χ1n) is 4.98. The van der Waals surface area contributed by atoms with Gasteiger partial charge in [-0.05, 0) is 18.2 Å². The van der Waals surface area contributed by atoms with E-state index in [2.05, 4.69) is 4.98 Å². The number of aromatic nitrogens is 1. The molecule has 0 saturated heterocycles. The first-order valence-corrected chi connectivity index (χ1v) is 4.98.